The molecule has 5 nitrogen and oxygen atoms in total. The van der Waals surface area contributed by atoms with Gasteiger partial charge in [-0.2, -0.15) is 0 Å². The van der Waals surface area contributed by atoms with Crippen molar-refractivity contribution in [2.24, 2.45) is 0 Å². The van der Waals surface area contributed by atoms with E-state index in [1.165, 1.54) is 25.3 Å². The molecule has 0 aliphatic heterocycles. The van der Waals surface area contributed by atoms with Gasteiger partial charge in [0.1, 0.15) is 0 Å². The van der Waals surface area contributed by atoms with Crippen LogP contribution in [-0.2, 0) is 6.54 Å². The van der Waals surface area contributed by atoms with Crippen LogP contribution < -0.4 is 0 Å². The summed E-state index contributed by atoms with van der Waals surface area (Å²) in [6.45, 7) is 1.77. The van der Waals surface area contributed by atoms with Gasteiger partial charge in [0.2, 0.25) is 0 Å². The molecule has 1 aromatic rings. The van der Waals surface area contributed by atoms with Crippen LogP contribution in [-0.4, -0.2) is 34.1 Å². The van der Waals surface area contributed by atoms with Crippen molar-refractivity contribution in [1.29, 1.82) is 0 Å². The first-order valence-electron chi connectivity index (χ1n) is 6.79. The van der Waals surface area contributed by atoms with E-state index in [0.29, 0.717) is 6.04 Å². The van der Waals surface area contributed by atoms with Crippen LogP contribution in [0.2, 0.25) is 0 Å². The largest absolute Gasteiger partial charge is 0.396 e. The third kappa shape index (κ3) is 3.75. The number of aliphatic hydroxyl groups is 1. The first-order valence-corrected chi connectivity index (χ1v) is 6.79. The SMILES string of the molecule is O=[N+]([O-])c1cccc(CN(CCCO)C2CCC2)c1. The van der Waals surface area contributed by atoms with E-state index in [1.54, 1.807) is 12.1 Å². The molecule has 0 spiro atoms. The van der Waals surface area contributed by atoms with Gasteiger partial charge in [0.05, 0.1) is 4.92 Å². The number of nitro benzene ring substituents is 1. The Morgan fingerprint density at radius 3 is 2.79 bits per heavy atom. The zero-order valence-electron chi connectivity index (χ0n) is 11.0. The predicted octanol–water partition coefficient (Wildman–Crippen LogP) is 2.33. The maximum Gasteiger partial charge on any atom is 0.269 e. The van der Waals surface area contributed by atoms with Gasteiger partial charge in [-0.25, -0.2) is 0 Å². The van der Waals surface area contributed by atoms with E-state index in [-0.39, 0.29) is 17.2 Å². The molecule has 2 rings (SSSR count). The van der Waals surface area contributed by atoms with Crippen LogP contribution in [0.1, 0.15) is 31.2 Å². The fourth-order valence-corrected chi connectivity index (χ4v) is 2.42. The normalized spacial score (nSPS) is 15.5. The number of hydrogen-bond donors (Lipinski definition) is 1. The molecule has 1 aliphatic rings. The molecule has 5 heteroatoms. The minimum atomic E-state index is -0.356. The Balaban J connectivity index is 2.02. The third-order valence-electron chi connectivity index (χ3n) is 3.70. The molecule has 0 saturated heterocycles. The monoisotopic (exact) mass is 264 g/mol. The number of aliphatic hydroxyl groups excluding tert-OH is 1. The van der Waals surface area contributed by atoms with E-state index in [4.69, 9.17) is 5.11 Å². The summed E-state index contributed by atoms with van der Waals surface area (Å²) in [5, 5.41) is 19.7. The molecule has 1 saturated carbocycles. The molecule has 19 heavy (non-hydrogen) atoms. The summed E-state index contributed by atoms with van der Waals surface area (Å²) >= 11 is 0. The zero-order valence-corrected chi connectivity index (χ0v) is 11.0. The van der Waals surface area contributed by atoms with Gasteiger partial charge >= 0.3 is 0 Å². The molecule has 0 unspecified atom stereocenters. The molecule has 104 valence electrons. The minimum absolute atomic E-state index is 0.146. The van der Waals surface area contributed by atoms with Crippen molar-refractivity contribution in [1.82, 2.24) is 4.90 Å². The maximum atomic E-state index is 10.8. The van der Waals surface area contributed by atoms with Gasteiger partial charge in [-0.05, 0) is 24.8 Å². The maximum absolute atomic E-state index is 10.8. The lowest BCUT2D eigenvalue weighted by Crippen LogP contribution is -2.40. The van der Waals surface area contributed by atoms with Crippen LogP contribution >= 0.6 is 0 Å². The lowest BCUT2D eigenvalue weighted by molar-refractivity contribution is -0.384. The second-order valence-electron chi connectivity index (χ2n) is 5.06. The second-order valence-corrected chi connectivity index (χ2v) is 5.06. The van der Waals surface area contributed by atoms with Gasteiger partial charge in [0, 0.05) is 37.9 Å². The first-order chi connectivity index (χ1) is 9.20. The van der Waals surface area contributed by atoms with E-state index < -0.39 is 0 Å². The van der Waals surface area contributed by atoms with Crippen LogP contribution in [0.4, 0.5) is 5.69 Å². The highest BCUT2D eigenvalue weighted by molar-refractivity contribution is 5.34. The molecule has 0 bridgehead atoms. The number of nitrogens with zero attached hydrogens (tertiary/aromatic N) is 2. The number of hydrogen-bond acceptors (Lipinski definition) is 4. The van der Waals surface area contributed by atoms with E-state index in [2.05, 4.69) is 4.90 Å². The molecular weight excluding hydrogens is 244 g/mol. The quantitative estimate of drug-likeness (QED) is 0.606. The Morgan fingerprint density at radius 1 is 1.42 bits per heavy atom. The van der Waals surface area contributed by atoms with Crippen LogP contribution in [0.25, 0.3) is 0 Å². The molecule has 0 amide bonds. The molecule has 1 aromatic carbocycles. The number of rotatable bonds is 7. The summed E-state index contributed by atoms with van der Waals surface area (Å²) in [5.74, 6) is 0. The Hall–Kier alpha value is -1.46. The smallest absolute Gasteiger partial charge is 0.269 e. The Bertz CT molecular complexity index is 432. The summed E-state index contributed by atoms with van der Waals surface area (Å²) in [4.78, 5) is 12.7. The highest BCUT2D eigenvalue weighted by atomic mass is 16.6. The van der Waals surface area contributed by atoms with E-state index in [9.17, 15) is 10.1 Å². The van der Waals surface area contributed by atoms with Gasteiger partial charge in [0.15, 0.2) is 0 Å². The molecule has 0 radical (unpaired) electrons. The lowest BCUT2D eigenvalue weighted by Gasteiger charge is -2.37. The summed E-state index contributed by atoms with van der Waals surface area (Å²) in [5.41, 5.74) is 1.12. The van der Waals surface area contributed by atoms with Crippen LogP contribution in [0.3, 0.4) is 0 Å². The lowest BCUT2D eigenvalue weighted by atomic mass is 9.91. The van der Waals surface area contributed by atoms with Crippen molar-refractivity contribution in [3.8, 4) is 0 Å². The standard InChI is InChI=1S/C14H20N2O3/c17-9-3-8-15(13-5-2-6-13)11-12-4-1-7-14(10-12)16(18)19/h1,4,7,10,13,17H,2-3,5-6,8-9,11H2. The highest BCUT2D eigenvalue weighted by Crippen LogP contribution is 2.27. The molecular formula is C14H20N2O3. The van der Waals surface area contributed by atoms with Crippen LogP contribution in [0.5, 0.6) is 0 Å². The predicted molar refractivity (Wildman–Crippen MR) is 72.8 cm³/mol. The van der Waals surface area contributed by atoms with Crippen molar-refractivity contribution < 1.29 is 10.0 Å². The van der Waals surface area contributed by atoms with E-state index in [1.807, 2.05) is 6.07 Å². The van der Waals surface area contributed by atoms with Crippen LogP contribution in [0.15, 0.2) is 24.3 Å². The number of non-ortho nitro benzene ring substituents is 1. The minimum Gasteiger partial charge on any atom is -0.396 e. The van der Waals surface area contributed by atoms with Crippen molar-refractivity contribution in [2.45, 2.75) is 38.3 Å². The fraction of sp³-hybridized carbons (Fsp3) is 0.571. The second kappa shape index (κ2) is 6.63. The fourth-order valence-electron chi connectivity index (χ4n) is 2.42. The summed E-state index contributed by atoms with van der Waals surface area (Å²) in [7, 11) is 0. The van der Waals surface area contributed by atoms with Gasteiger partial charge in [-0.3, -0.25) is 15.0 Å². The Labute approximate surface area is 113 Å². The van der Waals surface area contributed by atoms with Gasteiger partial charge in [0.25, 0.3) is 5.69 Å². The zero-order chi connectivity index (χ0) is 13.7. The molecule has 0 aromatic heterocycles. The summed E-state index contributed by atoms with van der Waals surface area (Å²) < 4.78 is 0. The van der Waals surface area contributed by atoms with Crippen LogP contribution in [0, 0.1) is 10.1 Å². The third-order valence-corrected chi connectivity index (χ3v) is 3.70. The summed E-state index contributed by atoms with van der Waals surface area (Å²) in [6.07, 6.45) is 4.40. The van der Waals surface area contributed by atoms with E-state index >= 15 is 0 Å². The van der Waals surface area contributed by atoms with Crippen molar-refractivity contribution in [3.05, 3.63) is 39.9 Å². The Morgan fingerprint density at radius 2 is 2.21 bits per heavy atom. The van der Waals surface area contributed by atoms with Crippen molar-refractivity contribution in [2.75, 3.05) is 13.2 Å². The highest BCUT2D eigenvalue weighted by Gasteiger charge is 2.24. The molecule has 0 heterocycles. The molecule has 1 aliphatic carbocycles. The topological polar surface area (TPSA) is 66.6 Å². The van der Waals surface area contributed by atoms with Gasteiger partial charge < -0.3 is 5.11 Å². The summed E-state index contributed by atoms with van der Waals surface area (Å²) in [6, 6.07) is 7.40. The van der Waals surface area contributed by atoms with Crippen molar-refractivity contribution in [3.63, 3.8) is 0 Å². The number of nitro groups is 1. The van der Waals surface area contributed by atoms with Gasteiger partial charge in [-0.15, -0.1) is 0 Å². The van der Waals surface area contributed by atoms with Gasteiger partial charge in [-0.1, -0.05) is 18.6 Å². The van der Waals surface area contributed by atoms with Crippen molar-refractivity contribution >= 4 is 5.69 Å². The average Bonchev–Trinajstić information content (AvgIpc) is 2.34. The average molecular weight is 264 g/mol. The Kier molecular flexibility index (Phi) is 4.87. The molecule has 1 fully saturated rings. The van der Waals surface area contributed by atoms with E-state index in [0.717, 1.165) is 25.1 Å². The first kappa shape index (κ1) is 14.0. The molecule has 1 N–H and O–H groups in total. The number of benzene rings is 1. The molecule has 0 atom stereocenters.